The zero-order valence-corrected chi connectivity index (χ0v) is 12.0. The molecule has 0 radical (unpaired) electrons. The number of anilines is 1. The van der Waals surface area contributed by atoms with Gasteiger partial charge < -0.3 is 5.32 Å². The van der Waals surface area contributed by atoms with Gasteiger partial charge in [0, 0.05) is 11.4 Å². The highest BCUT2D eigenvalue weighted by molar-refractivity contribution is 8.13. The Kier molecular flexibility index (Phi) is 6.78. The highest BCUT2D eigenvalue weighted by Crippen LogP contribution is 2.25. The molecule has 0 unspecified atom stereocenters. The van der Waals surface area contributed by atoms with Gasteiger partial charge in [0.2, 0.25) is 0 Å². The molecule has 0 fully saturated rings. The summed E-state index contributed by atoms with van der Waals surface area (Å²) in [5, 5.41) is 3.64. The minimum atomic E-state index is -0.0560. The number of rotatable bonds is 5. The van der Waals surface area contributed by atoms with E-state index in [-0.39, 0.29) is 5.24 Å². The number of hydrogen-bond acceptors (Lipinski definition) is 2. The summed E-state index contributed by atoms with van der Waals surface area (Å²) in [6.07, 6.45) is 3.39. The first kappa shape index (κ1) is 14.7. The molecule has 1 amide bonds. The Labute approximate surface area is 116 Å². The van der Waals surface area contributed by atoms with Gasteiger partial charge in [-0.15, -0.1) is 0 Å². The second kappa shape index (κ2) is 7.85. The second-order valence-electron chi connectivity index (χ2n) is 3.60. The number of carbonyl (C=O) groups excluding carboxylic acids is 1. The smallest absolute Gasteiger partial charge is 0.283 e. The second-order valence-corrected chi connectivity index (χ2v) is 5.48. The monoisotopic (exact) mass is 291 g/mol. The predicted octanol–water partition coefficient (Wildman–Crippen LogP) is 5.45. The summed E-state index contributed by atoms with van der Waals surface area (Å²) in [6.45, 7) is 2.14. The third-order valence-electron chi connectivity index (χ3n) is 2.15. The van der Waals surface area contributed by atoms with Crippen molar-refractivity contribution in [2.45, 2.75) is 26.2 Å². The molecule has 2 nitrogen and oxygen atoms in total. The van der Waals surface area contributed by atoms with E-state index in [4.69, 9.17) is 23.2 Å². The summed E-state index contributed by atoms with van der Waals surface area (Å²) in [4.78, 5) is 11.5. The molecule has 0 saturated carbocycles. The van der Waals surface area contributed by atoms with E-state index in [1.165, 1.54) is 11.8 Å². The van der Waals surface area contributed by atoms with Crippen molar-refractivity contribution < 1.29 is 4.79 Å². The lowest BCUT2D eigenvalue weighted by Crippen LogP contribution is -2.05. The predicted molar refractivity (Wildman–Crippen MR) is 77.5 cm³/mol. The molecule has 0 heterocycles. The molecular weight excluding hydrogens is 277 g/mol. The molecular formula is C12H15Cl2NOS. The van der Waals surface area contributed by atoms with Gasteiger partial charge in [-0.2, -0.15) is 0 Å². The van der Waals surface area contributed by atoms with Crippen LogP contribution in [0.25, 0.3) is 0 Å². The lowest BCUT2D eigenvalue weighted by molar-refractivity contribution is 0.270. The third kappa shape index (κ3) is 5.66. The fraction of sp³-hybridized carbons (Fsp3) is 0.417. The zero-order chi connectivity index (χ0) is 12.7. The summed E-state index contributed by atoms with van der Waals surface area (Å²) in [6, 6.07) is 5.05. The molecule has 0 aliphatic heterocycles. The van der Waals surface area contributed by atoms with Crippen molar-refractivity contribution in [1.82, 2.24) is 0 Å². The van der Waals surface area contributed by atoms with Crippen LogP contribution in [0.2, 0.25) is 10.0 Å². The molecule has 1 rings (SSSR count). The molecule has 1 N–H and O–H groups in total. The molecule has 5 heteroatoms. The Morgan fingerprint density at radius 3 is 2.71 bits per heavy atom. The van der Waals surface area contributed by atoms with Crippen LogP contribution >= 0.6 is 35.0 Å². The van der Waals surface area contributed by atoms with Gasteiger partial charge in [0.05, 0.1) is 10.0 Å². The van der Waals surface area contributed by atoms with E-state index in [1.807, 2.05) is 0 Å². The minimum Gasteiger partial charge on any atom is -0.317 e. The molecule has 0 aromatic heterocycles. The number of unbranched alkanes of at least 4 members (excludes halogenated alkanes) is 2. The Morgan fingerprint density at radius 1 is 1.29 bits per heavy atom. The quantitative estimate of drug-likeness (QED) is 0.731. The van der Waals surface area contributed by atoms with Crippen molar-refractivity contribution in [2.75, 3.05) is 11.1 Å². The van der Waals surface area contributed by atoms with Crippen molar-refractivity contribution in [1.29, 1.82) is 0 Å². The lowest BCUT2D eigenvalue weighted by Gasteiger charge is -2.05. The number of thioether (sulfide) groups is 1. The Bertz CT molecular complexity index is 385. The maximum absolute atomic E-state index is 11.5. The van der Waals surface area contributed by atoms with E-state index in [1.54, 1.807) is 18.2 Å². The van der Waals surface area contributed by atoms with E-state index >= 15 is 0 Å². The van der Waals surface area contributed by atoms with E-state index in [9.17, 15) is 4.79 Å². The Balaban J connectivity index is 2.37. The van der Waals surface area contributed by atoms with E-state index in [0.29, 0.717) is 15.7 Å². The number of carbonyl (C=O) groups is 1. The number of halogens is 2. The van der Waals surface area contributed by atoms with Gasteiger partial charge in [0.15, 0.2) is 0 Å². The fourth-order valence-corrected chi connectivity index (χ4v) is 2.27. The number of nitrogens with one attached hydrogen (secondary N) is 1. The third-order valence-corrected chi connectivity index (χ3v) is 3.74. The van der Waals surface area contributed by atoms with Gasteiger partial charge >= 0.3 is 0 Å². The molecule has 0 saturated heterocycles. The van der Waals surface area contributed by atoms with Gasteiger partial charge in [0.1, 0.15) is 0 Å². The standard InChI is InChI=1S/C12H15Cl2NOS/c1-2-3-4-7-17-12(16)15-9-5-6-10(13)11(14)8-9/h5-6,8H,2-4,7H2,1H3,(H,15,16). The average Bonchev–Trinajstić information content (AvgIpc) is 2.30. The van der Waals surface area contributed by atoms with Crippen LogP contribution in [0.3, 0.4) is 0 Å². The van der Waals surface area contributed by atoms with Gasteiger partial charge in [-0.25, -0.2) is 0 Å². The maximum atomic E-state index is 11.5. The Hall–Kier alpha value is -0.380. The van der Waals surface area contributed by atoms with Crippen molar-refractivity contribution in [3.63, 3.8) is 0 Å². The van der Waals surface area contributed by atoms with Crippen molar-refractivity contribution in [2.24, 2.45) is 0 Å². The van der Waals surface area contributed by atoms with Crippen molar-refractivity contribution in [3.8, 4) is 0 Å². The Morgan fingerprint density at radius 2 is 2.06 bits per heavy atom. The maximum Gasteiger partial charge on any atom is 0.283 e. The fourth-order valence-electron chi connectivity index (χ4n) is 1.24. The molecule has 0 atom stereocenters. The first-order valence-electron chi connectivity index (χ1n) is 5.52. The summed E-state index contributed by atoms with van der Waals surface area (Å²) >= 11 is 12.9. The number of amides is 1. The first-order valence-corrected chi connectivity index (χ1v) is 7.26. The molecule has 0 bridgehead atoms. The minimum absolute atomic E-state index is 0.0560. The van der Waals surface area contributed by atoms with Gasteiger partial charge in [-0.3, -0.25) is 4.79 Å². The van der Waals surface area contributed by atoms with Crippen LogP contribution in [0.4, 0.5) is 10.5 Å². The van der Waals surface area contributed by atoms with Crippen LogP contribution in [-0.4, -0.2) is 11.0 Å². The van der Waals surface area contributed by atoms with E-state index in [2.05, 4.69) is 12.2 Å². The molecule has 17 heavy (non-hydrogen) atoms. The molecule has 0 aliphatic rings. The summed E-state index contributed by atoms with van der Waals surface area (Å²) in [5.41, 5.74) is 0.674. The van der Waals surface area contributed by atoms with Gasteiger partial charge in [0.25, 0.3) is 5.24 Å². The molecule has 94 valence electrons. The zero-order valence-electron chi connectivity index (χ0n) is 9.63. The van der Waals surface area contributed by atoms with E-state index < -0.39 is 0 Å². The lowest BCUT2D eigenvalue weighted by atomic mass is 10.3. The first-order chi connectivity index (χ1) is 8.13. The highest BCUT2D eigenvalue weighted by Gasteiger charge is 2.04. The normalized spacial score (nSPS) is 10.3. The topological polar surface area (TPSA) is 29.1 Å². The molecule has 1 aromatic rings. The summed E-state index contributed by atoms with van der Waals surface area (Å²) in [5.74, 6) is 0.848. The van der Waals surface area contributed by atoms with E-state index in [0.717, 1.165) is 25.0 Å². The van der Waals surface area contributed by atoms with Gasteiger partial charge in [-0.1, -0.05) is 54.7 Å². The van der Waals surface area contributed by atoms with Gasteiger partial charge in [-0.05, 0) is 24.6 Å². The SMILES string of the molecule is CCCCCSC(=O)Nc1ccc(Cl)c(Cl)c1. The van der Waals surface area contributed by atoms with Crippen LogP contribution in [0, 0.1) is 0 Å². The molecule has 0 aliphatic carbocycles. The van der Waals surface area contributed by atoms with Crippen molar-refractivity contribution >= 4 is 45.9 Å². The summed E-state index contributed by atoms with van der Waals surface area (Å²) in [7, 11) is 0. The number of benzene rings is 1. The number of hydrogen-bond donors (Lipinski definition) is 1. The van der Waals surface area contributed by atoms with Crippen LogP contribution in [0.15, 0.2) is 18.2 Å². The largest absolute Gasteiger partial charge is 0.317 e. The molecule has 0 spiro atoms. The van der Waals surface area contributed by atoms with Crippen LogP contribution in [0.1, 0.15) is 26.2 Å². The molecule has 1 aromatic carbocycles. The summed E-state index contributed by atoms with van der Waals surface area (Å²) < 4.78 is 0. The average molecular weight is 292 g/mol. The van der Waals surface area contributed by atoms with Crippen LogP contribution in [0.5, 0.6) is 0 Å². The van der Waals surface area contributed by atoms with Crippen LogP contribution in [-0.2, 0) is 0 Å². The van der Waals surface area contributed by atoms with Crippen molar-refractivity contribution in [3.05, 3.63) is 28.2 Å². The van der Waals surface area contributed by atoms with Crippen LogP contribution < -0.4 is 5.32 Å². The highest BCUT2D eigenvalue weighted by atomic mass is 35.5.